The van der Waals surface area contributed by atoms with Crippen molar-refractivity contribution in [1.82, 2.24) is 10.6 Å². The molecule has 1 heterocycles. The van der Waals surface area contributed by atoms with Gasteiger partial charge in [-0.05, 0) is 19.8 Å². The molecular formula is C32H62N2O7. The smallest absolute Gasteiger partial charge is 0.244 e. The van der Waals surface area contributed by atoms with E-state index in [9.17, 15) is 24.9 Å². The van der Waals surface area contributed by atoms with Crippen molar-refractivity contribution < 1.29 is 34.4 Å². The second kappa shape index (κ2) is 24.2. The Kier molecular flexibility index (Phi) is 22.3. The molecule has 2 amide bonds. The first kappa shape index (κ1) is 37.8. The summed E-state index contributed by atoms with van der Waals surface area (Å²) in [5, 5.41) is 35.9. The molecule has 0 bridgehead atoms. The summed E-state index contributed by atoms with van der Waals surface area (Å²) < 4.78 is 11.1. The molecule has 6 atom stereocenters. The predicted octanol–water partition coefficient (Wildman–Crippen LogP) is 4.88. The first-order valence-electron chi connectivity index (χ1n) is 16.7. The van der Waals surface area contributed by atoms with Gasteiger partial charge in [0, 0.05) is 13.0 Å². The number of carbonyl (C=O) groups excluding carboxylic acids is 2. The Bertz CT molecular complexity index is 666. The summed E-state index contributed by atoms with van der Waals surface area (Å²) in [5.41, 5.74) is 0. The molecule has 242 valence electrons. The normalized spacial score (nSPS) is 23.3. The first-order chi connectivity index (χ1) is 19.8. The lowest BCUT2D eigenvalue weighted by Crippen LogP contribution is -2.58. The van der Waals surface area contributed by atoms with Crippen LogP contribution in [0, 0.1) is 0 Å². The molecule has 41 heavy (non-hydrogen) atoms. The van der Waals surface area contributed by atoms with E-state index in [1.54, 1.807) is 6.92 Å². The Hall–Kier alpha value is -1.26. The van der Waals surface area contributed by atoms with Crippen molar-refractivity contribution in [3.63, 3.8) is 0 Å². The van der Waals surface area contributed by atoms with Gasteiger partial charge in [-0.3, -0.25) is 9.59 Å². The van der Waals surface area contributed by atoms with Crippen LogP contribution in [0.3, 0.4) is 0 Å². The molecule has 1 aliphatic heterocycles. The van der Waals surface area contributed by atoms with E-state index < -0.39 is 36.7 Å². The minimum absolute atomic E-state index is 0.214. The van der Waals surface area contributed by atoms with Gasteiger partial charge in [-0.2, -0.15) is 0 Å². The topological polar surface area (TPSA) is 137 Å². The third-order valence-electron chi connectivity index (χ3n) is 7.97. The van der Waals surface area contributed by atoms with Crippen LogP contribution in [0.15, 0.2) is 0 Å². The van der Waals surface area contributed by atoms with E-state index in [-0.39, 0.29) is 18.4 Å². The number of ether oxygens (including phenoxy) is 2. The zero-order chi connectivity index (χ0) is 30.3. The van der Waals surface area contributed by atoms with E-state index in [1.807, 2.05) is 0 Å². The van der Waals surface area contributed by atoms with Crippen LogP contribution >= 0.6 is 0 Å². The highest BCUT2D eigenvalue weighted by Crippen LogP contribution is 2.22. The van der Waals surface area contributed by atoms with Crippen molar-refractivity contribution in [3.05, 3.63) is 0 Å². The van der Waals surface area contributed by atoms with E-state index in [0.29, 0.717) is 13.0 Å². The number of aliphatic hydroxyl groups excluding tert-OH is 3. The monoisotopic (exact) mass is 586 g/mol. The second-order valence-corrected chi connectivity index (χ2v) is 11.8. The van der Waals surface area contributed by atoms with Gasteiger partial charge >= 0.3 is 0 Å². The van der Waals surface area contributed by atoms with Crippen molar-refractivity contribution in [3.8, 4) is 0 Å². The summed E-state index contributed by atoms with van der Waals surface area (Å²) in [7, 11) is 0. The second-order valence-electron chi connectivity index (χ2n) is 11.8. The zero-order valence-corrected chi connectivity index (χ0v) is 26.3. The molecule has 0 aromatic rings. The number of nitrogens with one attached hydrogen (secondary N) is 2. The van der Waals surface area contributed by atoms with E-state index in [2.05, 4.69) is 24.5 Å². The van der Waals surface area contributed by atoms with Crippen molar-refractivity contribution in [2.45, 2.75) is 180 Å². The number of rotatable bonds is 25. The highest BCUT2D eigenvalue weighted by Gasteiger charge is 2.42. The van der Waals surface area contributed by atoms with Gasteiger partial charge in [-0.1, -0.05) is 117 Å². The highest BCUT2D eigenvalue weighted by molar-refractivity contribution is 5.87. The van der Waals surface area contributed by atoms with Crippen molar-refractivity contribution in [2.24, 2.45) is 0 Å². The number of amides is 2. The number of hydrogen-bond acceptors (Lipinski definition) is 7. The summed E-state index contributed by atoms with van der Waals surface area (Å²) in [4.78, 5) is 25.6. The Labute approximate surface area is 249 Å². The Morgan fingerprint density at radius 3 is 1.73 bits per heavy atom. The SMILES string of the molecule is CCCCCCCCCCCNC(=O)[C@H](CO[C@@H]1O[C@@H](C)[C@@H](O)[C@@H](O)[C@@H]1O)NC(=O)CCCCCCCCCCC. The molecule has 0 spiro atoms. The maximum absolute atomic E-state index is 13.0. The molecule has 1 fully saturated rings. The van der Waals surface area contributed by atoms with Crippen LogP contribution in [0.4, 0.5) is 0 Å². The molecule has 9 nitrogen and oxygen atoms in total. The molecule has 5 N–H and O–H groups in total. The standard InChI is InChI=1S/C32H62N2O7/c1-4-6-8-10-12-14-16-18-20-22-27(35)34-26(24-40-32-30(38)29(37)28(36)25(3)41-32)31(39)33-23-21-19-17-15-13-11-9-7-5-2/h25-26,28-30,32,36-38H,4-24H2,1-3H3,(H,33,39)(H,34,35)/t25-,26-,28+,29+,30-,32+/m0/s1. The fraction of sp³-hybridized carbons (Fsp3) is 0.938. The van der Waals surface area contributed by atoms with Gasteiger partial charge in [0.15, 0.2) is 6.29 Å². The van der Waals surface area contributed by atoms with Crippen molar-refractivity contribution in [2.75, 3.05) is 13.2 Å². The molecule has 0 saturated carbocycles. The largest absolute Gasteiger partial charge is 0.388 e. The molecule has 0 radical (unpaired) electrons. The molecular weight excluding hydrogens is 524 g/mol. The van der Waals surface area contributed by atoms with Gasteiger partial charge in [-0.25, -0.2) is 0 Å². The van der Waals surface area contributed by atoms with Gasteiger partial charge < -0.3 is 35.4 Å². The number of aliphatic hydroxyl groups is 3. The van der Waals surface area contributed by atoms with Crippen LogP contribution in [0.2, 0.25) is 0 Å². The third kappa shape index (κ3) is 17.5. The van der Waals surface area contributed by atoms with Crippen LogP contribution in [-0.4, -0.2) is 77.0 Å². The van der Waals surface area contributed by atoms with Gasteiger partial charge in [0.2, 0.25) is 11.8 Å². The average molecular weight is 587 g/mol. The van der Waals surface area contributed by atoms with Gasteiger partial charge in [0.25, 0.3) is 0 Å². The van der Waals surface area contributed by atoms with Crippen molar-refractivity contribution >= 4 is 11.8 Å². The summed E-state index contributed by atoms with van der Waals surface area (Å²) in [5.74, 6) is -0.558. The fourth-order valence-electron chi connectivity index (χ4n) is 5.16. The quantitative estimate of drug-likeness (QED) is 0.0961. The average Bonchev–Trinajstić information content (AvgIpc) is 2.96. The molecule has 9 heteroatoms. The van der Waals surface area contributed by atoms with Gasteiger partial charge in [-0.15, -0.1) is 0 Å². The molecule has 0 aromatic heterocycles. The minimum Gasteiger partial charge on any atom is -0.388 e. The summed E-state index contributed by atoms with van der Waals surface area (Å²) in [6.45, 7) is 6.30. The predicted molar refractivity (Wildman–Crippen MR) is 162 cm³/mol. The van der Waals surface area contributed by atoms with E-state index >= 15 is 0 Å². The Morgan fingerprint density at radius 2 is 1.20 bits per heavy atom. The summed E-state index contributed by atoms with van der Waals surface area (Å²) in [6, 6.07) is -0.949. The maximum Gasteiger partial charge on any atom is 0.244 e. The van der Waals surface area contributed by atoms with Crippen molar-refractivity contribution in [1.29, 1.82) is 0 Å². The zero-order valence-electron chi connectivity index (χ0n) is 26.3. The Balaban J connectivity index is 2.45. The number of carbonyl (C=O) groups is 2. The van der Waals surface area contributed by atoms with Gasteiger partial charge in [0.05, 0.1) is 12.7 Å². The highest BCUT2D eigenvalue weighted by atomic mass is 16.7. The molecule has 1 saturated heterocycles. The molecule has 0 aromatic carbocycles. The van der Waals surface area contributed by atoms with E-state index in [1.165, 1.54) is 77.0 Å². The minimum atomic E-state index is -1.47. The molecule has 0 aliphatic carbocycles. The third-order valence-corrected chi connectivity index (χ3v) is 7.97. The molecule has 0 unspecified atom stereocenters. The lowest BCUT2D eigenvalue weighted by atomic mass is 10.00. The lowest BCUT2D eigenvalue weighted by Gasteiger charge is -2.39. The molecule has 1 rings (SSSR count). The lowest BCUT2D eigenvalue weighted by molar-refractivity contribution is -0.293. The van der Waals surface area contributed by atoms with Crippen LogP contribution in [0.5, 0.6) is 0 Å². The number of hydrogen-bond donors (Lipinski definition) is 5. The maximum atomic E-state index is 13.0. The summed E-state index contributed by atoms with van der Waals surface area (Å²) >= 11 is 0. The van der Waals surface area contributed by atoms with Crippen LogP contribution in [-0.2, 0) is 19.1 Å². The van der Waals surface area contributed by atoms with Crippen LogP contribution < -0.4 is 10.6 Å². The van der Waals surface area contributed by atoms with E-state index in [4.69, 9.17) is 9.47 Å². The van der Waals surface area contributed by atoms with Gasteiger partial charge in [0.1, 0.15) is 24.4 Å². The Morgan fingerprint density at radius 1 is 0.707 bits per heavy atom. The number of unbranched alkanes of at least 4 members (excludes halogenated alkanes) is 16. The van der Waals surface area contributed by atoms with Crippen LogP contribution in [0.1, 0.15) is 143 Å². The molecule has 1 aliphatic rings. The van der Waals surface area contributed by atoms with Crippen LogP contribution in [0.25, 0.3) is 0 Å². The fourth-order valence-corrected chi connectivity index (χ4v) is 5.16. The summed E-state index contributed by atoms with van der Waals surface area (Å²) in [6.07, 6.45) is 15.3. The van der Waals surface area contributed by atoms with E-state index in [0.717, 1.165) is 38.5 Å². The first-order valence-corrected chi connectivity index (χ1v) is 16.7.